The lowest BCUT2D eigenvalue weighted by Gasteiger charge is -2.40. The van der Waals surface area contributed by atoms with Crippen molar-refractivity contribution in [3.63, 3.8) is 0 Å². The Kier molecular flexibility index (Phi) is 8.10. The predicted octanol–water partition coefficient (Wildman–Crippen LogP) is 4.45. The monoisotopic (exact) mass is 316 g/mol. The predicted molar refractivity (Wildman–Crippen MR) is 91.1 cm³/mol. The summed E-state index contributed by atoms with van der Waals surface area (Å²) in [5.74, 6) is -0.361. The summed E-state index contributed by atoms with van der Waals surface area (Å²) in [7, 11) is 2.27. The summed E-state index contributed by atoms with van der Waals surface area (Å²) in [6, 6.07) is 0. The van der Waals surface area contributed by atoms with Crippen LogP contribution in [0.2, 0.25) is 0 Å². The molecule has 0 fully saturated rings. The Balaban J connectivity index is 4.79. The average molecular weight is 316 g/mol. The molecule has 0 spiro atoms. The quantitative estimate of drug-likeness (QED) is 0.359. The molecule has 0 saturated heterocycles. The summed E-state index contributed by atoms with van der Waals surface area (Å²) in [4.78, 5) is 23.8. The third-order valence-corrected chi connectivity index (χ3v) is 5.28. The molecule has 3 unspecified atom stereocenters. The van der Waals surface area contributed by atoms with Crippen LogP contribution in [0.25, 0.3) is 0 Å². The minimum Gasteiger partial charge on any atom is -0.465 e. The van der Waals surface area contributed by atoms with Gasteiger partial charge >= 0.3 is 5.97 Å². The van der Waals surface area contributed by atoms with Gasteiger partial charge in [-0.2, -0.15) is 0 Å². The molecule has 0 N–H and O–H groups in total. The molecular formula is C17H33O3P. The van der Waals surface area contributed by atoms with Crippen molar-refractivity contribution in [3.8, 4) is 0 Å². The van der Waals surface area contributed by atoms with Crippen molar-refractivity contribution in [1.29, 1.82) is 0 Å². The Hall–Kier alpha value is -0.430. The van der Waals surface area contributed by atoms with Gasteiger partial charge in [0.05, 0.1) is 12.5 Å². The van der Waals surface area contributed by atoms with E-state index in [0.29, 0.717) is 6.61 Å². The number of ether oxygens (including phenoxy) is 1. The average Bonchev–Trinajstić information content (AvgIpc) is 2.35. The van der Waals surface area contributed by atoms with Gasteiger partial charge in [-0.3, -0.25) is 9.59 Å². The van der Waals surface area contributed by atoms with E-state index in [9.17, 15) is 9.59 Å². The minimum absolute atomic E-state index is 0.0508. The van der Waals surface area contributed by atoms with Crippen LogP contribution in [0, 0.1) is 22.7 Å². The Labute approximate surface area is 132 Å². The van der Waals surface area contributed by atoms with Crippen LogP contribution in [0.5, 0.6) is 0 Å². The summed E-state index contributed by atoms with van der Waals surface area (Å²) in [6.07, 6.45) is 2.72. The van der Waals surface area contributed by atoms with Gasteiger partial charge in [-0.05, 0) is 23.7 Å². The van der Waals surface area contributed by atoms with Crippen LogP contribution in [-0.4, -0.2) is 18.1 Å². The summed E-state index contributed by atoms with van der Waals surface area (Å²) in [6.45, 7) is 14.8. The van der Waals surface area contributed by atoms with Gasteiger partial charge in [0.2, 0.25) is 0 Å². The second-order valence-electron chi connectivity index (χ2n) is 7.52. The molecule has 0 aromatic rings. The molecule has 0 heterocycles. The Morgan fingerprint density at radius 2 is 1.52 bits per heavy atom. The number of carbonyl (C=O) groups excluding carboxylic acids is 2. The molecule has 0 aromatic carbocycles. The zero-order valence-electron chi connectivity index (χ0n) is 14.8. The highest BCUT2D eigenvalue weighted by molar-refractivity contribution is 7.40. The lowest BCUT2D eigenvalue weighted by Crippen LogP contribution is -2.38. The second kappa shape index (κ2) is 8.27. The molecule has 0 aliphatic heterocycles. The molecule has 124 valence electrons. The molecule has 0 amide bonds. The van der Waals surface area contributed by atoms with Gasteiger partial charge in [0.25, 0.3) is 0 Å². The first-order chi connectivity index (χ1) is 9.45. The van der Waals surface area contributed by atoms with Crippen molar-refractivity contribution in [1.82, 2.24) is 0 Å². The van der Waals surface area contributed by atoms with E-state index < -0.39 is 0 Å². The number of unbranched alkanes of at least 4 members (excludes halogenated alkanes) is 1. The van der Waals surface area contributed by atoms with E-state index in [2.05, 4.69) is 43.9 Å². The van der Waals surface area contributed by atoms with Gasteiger partial charge < -0.3 is 4.74 Å². The highest BCUT2D eigenvalue weighted by Crippen LogP contribution is 2.44. The SMILES string of the molecule is CCCCOC(=O)C(C)C(C)(C)CC(C)(C)C(C)C(=O)P. The van der Waals surface area contributed by atoms with Gasteiger partial charge in [-0.15, -0.1) is 0 Å². The summed E-state index contributed by atoms with van der Waals surface area (Å²) >= 11 is 0. The topological polar surface area (TPSA) is 43.4 Å². The van der Waals surface area contributed by atoms with Crippen molar-refractivity contribution >= 4 is 20.7 Å². The van der Waals surface area contributed by atoms with Gasteiger partial charge in [0.15, 0.2) is 5.52 Å². The molecule has 0 aliphatic rings. The van der Waals surface area contributed by atoms with E-state index in [-0.39, 0.29) is 34.2 Å². The first kappa shape index (κ1) is 20.6. The zero-order valence-corrected chi connectivity index (χ0v) is 15.9. The van der Waals surface area contributed by atoms with Crippen LogP contribution in [0.15, 0.2) is 0 Å². The molecule has 0 rings (SSSR count). The number of carbonyl (C=O) groups is 2. The summed E-state index contributed by atoms with van der Waals surface area (Å²) < 4.78 is 5.34. The van der Waals surface area contributed by atoms with Crippen LogP contribution < -0.4 is 0 Å². The Morgan fingerprint density at radius 1 is 1.05 bits per heavy atom. The lowest BCUT2D eigenvalue weighted by molar-refractivity contribution is -0.153. The van der Waals surface area contributed by atoms with Crippen LogP contribution in [0.4, 0.5) is 0 Å². The zero-order chi connectivity index (χ0) is 16.8. The van der Waals surface area contributed by atoms with E-state index in [1.165, 1.54) is 0 Å². The molecular weight excluding hydrogens is 283 g/mol. The number of rotatable bonds is 9. The van der Waals surface area contributed by atoms with Gasteiger partial charge in [0.1, 0.15) is 0 Å². The van der Waals surface area contributed by atoms with Crippen molar-refractivity contribution in [3.05, 3.63) is 0 Å². The first-order valence-electron chi connectivity index (χ1n) is 7.91. The smallest absolute Gasteiger partial charge is 0.309 e. The van der Waals surface area contributed by atoms with Crippen molar-refractivity contribution in [2.45, 2.75) is 67.7 Å². The van der Waals surface area contributed by atoms with Crippen LogP contribution in [-0.2, 0) is 14.3 Å². The van der Waals surface area contributed by atoms with E-state index in [0.717, 1.165) is 19.3 Å². The Bertz CT molecular complexity index is 361. The fourth-order valence-corrected chi connectivity index (χ4v) is 3.08. The lowest BCUT2D eigenvalue weighted by atomic mass is 9.65. The molecule has 3 nitrogen and oxygen atoms in total. The van der Waals surface area contributed by atoms with E-state index in [1.54, 1.807) is 0 Å². The van der Waals surface area contributed by atoms with E-state index in [1.807, 2.05) is 13.8 Å². The van der Waals surface area contributed by atoms with Gasteiger partial charge in [-0.25, -0.2) is 0 Å². The maximum absolute atomic E-state index is 12.2. The van der Waals surface area contributed by atoms with E-state index in [4.69, 9.17) is 4.74 Å². The normalized spacial score (nSPS) is 15.4. The number of esters is 1. The Morgan fingerprint density at radius 3 is 1.95 bits per heavy atom. The van der Waals surface area contributed by atoms with Gasteiger partial charge in [-0.1, -0.05) is 64.1 Å². The summed E-state index contributed by atoms with van der Waals surface area (Å²) in [5.41, 5.74) is -0.240. The van der Waals surface area contributed by atoms with Crippen LogP contribution >= 0.6 is 9.24 Å². The fraction of sp³-hybridized carbons (Fsp3) is 0.882. The maximum Gasteiger partial charge on any atom is 0.309 e. The summed E-state index contributed by atoms with van der Waals surface area (Å²) in [5, 5.41) is 0. The molecule has 3 atom stereocenters. The maximum atomic E-state index is 12.2. The third kappa shape index (κ3) is 6.46. The van der Waals surface area contributed by atoms with Gasteiger partial charge in [0, 0.05) is 5.92 Å². The highest BCUT2D eigenvalue weighted by Gasteiger charge is 2.40. The van der Waals surface area contributed by atoms with Crippen molar-refractivity contribution < 1.29 is 14.3 Å². The molecule has 0 saturated carbocycles. The van der Waals surface area contributed by atoms with Crippen molar-refractivity contribution in [2.75, 3.05) is 6.61 Å². The molecule has 0 aromatic heterocycles. The van der Waals surface area contributed by atoms with Crippen molar-refractivity contribution in [2.24, 2.45) is 22.7 Å². The number of hydrogen-bond donors (Lipinski definition) is 0. The largest absolute Gasteiger partial charge is 0.465 e. The highest BCUT2D eigenvalue weighted by atomic mass is 31.0. The first-order valence-corrected chi connectivity index (χ1v) is 8.49. The molecule has 0 aliphatic carbocycles. The fourth-order valence-electron chi connectivity index (χ4n) is 2.63. The van der Waals surface area contributed by atoms with E-state index >= 15 is 0 Å². The molecule has 0 bridgehead atoms. The minimum atomic E-state index is -0.207. The molecule has 4 heteroatoms. The third-order valence-electron chi connectivity index (χ3n) is 4.78. The van der Waals surface area contributed by atoms with Crippen LogP contribution in [0.3, 0.4) is 0 Å². The molecule has 21 heavy (non-hydrogen) atoms. The number of hydrogen-bond acceptors (Lipinski definition) is 3. The second-order valence-corrected chi connectivity index (χ2v) is 8.09. The molecule has 0 radical (unpaired) electrons. The van der Waals surface area contributed by atoms with Crippen LogP contribution in [0.1, 0.15) is 67.7 Å². The standard InChI is InChI=1S/C17H33O3P/c1-8-9-10-20-14(18)12(2)16(4,5)11-17(6,7)13(3)15(19)21/h12-13H,8-11,21H2,1-7H3.